The Kier molecular flexibility index (Phi) is 5.27. The van der Waals surface area contributed by atoms with E-state index in [0.29, 0.717) is 24.9 Å². The van der Waals surface area contributed by atoms with Crippen molar-refractivity contribution in [2.75, 3.05) is 6.54 Å². The summed E-state index contributed by atoms with van der Waals surface area (Å²) in [4.78, 5) is 36.4. The number of aliphatic hydroxyl groups is 1. The van der Waals surface area contributed by atoms with Crippen LogP contribution in [0, 0.1) is 0 Å². The van der Waals surface area contributed by atoms with Crippen molar-refractivity contribution in [3.05, 3.63) is 35.9 Å². The van der Waals surface area contributed by atoms with Crippen molar-refractivity contribution in [2.24, 2.45) is 0 Å². The molecule has 1 fully saturated rings. The lowest BCUT2D eigenvalue weighted by molar-refractivity contribution is -0.151. The largest absolute Gasteiger partial charge is 0.479 e. The number of carboxylic acids is 1. The van der Waals surface area contributed by atoms with E-state index in [9.17, 15) is 19.5 Å². The second-order valence-corrected chi connectivity index (χ2v) is 5.37. The molecule has 0 spiro atoms. The minimum absolute atomic E-state index is 0.0244. The van der Waals surface area contributed by atoms with E-state index in [1.54, 1.807) is 24.3 Å². The summed E-state index contributed by atoms with van der Waals surface area (Å²) in [6.07, 6.45) is -0.346. The number of rotatable bonds is 6. The minimum Gasteiger partial charge on any atom is -0.479 e. The molecule has 118 valence electrons. The van der Waals surface area contributed by atoms with Gasteiger partial charge in [0.05, 0.1) is 6.04 Å². The Bertz CT molecular complexity index is 557. The van der Waals surface area contributed by atoms with Crippen LogP contribution in [0.25, 0.3) is 0 Å². The number of aliphatic hydroxyl groups excluding tert-OH is 1. The molecule has 6 nitrogen and oxygen atoms in total. The highest BCUT2D eigenvalue weighted by atomic mass is 16.4. The average molecular weight is 305 g/mol. The third-order valence-electron chi connectivity index (χ3n) is 3.90. The second kappa shape index (κ2) is 7.17. The van der Waals surface area contributed by atoms with Crippen molar-refractivity contribution >= 4 is 17.7 Å². The first-order chi connectivity index (χ1) is 10.5. The summed E-state index contributed by atoms with van der Waals surface area (Å²) >= 11 is 0. The maximum absolute atomic E-state index is 12.2. The number of hydrogen-bond donors (Lipinski definition) is 2. The minimum atomic E-state index is -1.57. The number of amides is 1. The summed E-state index contributed by atoms with van der Waals surface area (Å²) in [7, 11) is 0. The van der Waals surface area contributed by atoms with Crippen molar-refractivity contribution < 1.29 is 24.6 Å². The summed E-state index contributed by atoms with van der Waals surface area (Å²) in [5.41, 5.74) is 0.554. The lowest BCUT2D eigenvalue weighted by Crippen LogP contribution is -2.46. The molecule has 2 N–H and O–H groups in total. The molecule has 22 heavy (non-hydrogen) atoms. The number of nitrogens with zero attached hydrogens (tertiary/aromatic N) is 1. The second-order valence-electron chi connectivity index (χ2n) is 5.37. The highest BCUT2D eigenvalue weighted by molar-refractivity contribution is 5.98. The first kappa shape index (κ1) is 16.2. The zero-order valence-electron chi connectivity index (χ0n) is 12.1. The van der Waals surface area contributed by atoms with Gasteiger partial charge in [0.25, 0.3) is 0 Å². The predicted molar refractivity (Wildman–Crippen MR) is 78.4 cm³/mol. The quantitative estimate of drug-likeness (QED) is 0.767. The van der Waals surface area contributed by atoms with Crippen LogP contribution in [0.2, 0.25) is 0 Å². The lowest BCUT2D eigenvalue weighted by Gasteiger charge is -2.26. The zero-order valence-corrected chi connectivity index (χ0v) is 12.1. The predicted octanol–water partition coefficient (Wildman–Crippen LogP) is 1.09. The number of hydrogen-bond acceptors (Lipinski definition) is 4. The topological polar surface area (TPSA) is 94.9 Å². The summed E-state index contributed by atoms with van der Waals surface area (Å²) in [6, 6.07) is 8.02. The number of carbonyl (C=O) groups is 3. The van der Waals surface area contributed by atoms with E-state index in [-0.39, 0.29) is 24.5 Å². The molecule has 0 aromatic heterocycles. The van der Waals surface area contributed by atoms with Crippen LogP contribution in [-0.2, 0) is 9.59 Å². The van der Waals surface area contributed by atoms with Crippen LogP contribution >= 0.6 is 0 Å². The van der Waals surface area contributed by atoms with Gasteiger partial charge in [-0.3, -0.25) is 9.59 Å². The number of ketones is 1. The maximum Gasteiger partial charge on any atom is 0.334 e. The molecule has 1 aliphatic rings. The van der Waals surface area contributed by atoms with Crippen LogP contribution in [0.5, 0.6) is 0 Å². The van der Waals surface area contributed by atoms with E-state index >= 15 is 0 Å². The van der Waals surface area contributed by atoms with Crippen LogP contribution in [-0.4, -0.2) is 51.5 Å². The standard InChI is InChI=1S/C16H19NO5/c18-13(11-5-2-1-3-6-11)8-9-14(19)17-10-4-7-12(17)15(20)16(21)22/h1-3,5-6,12,15,20H,4,7-10H2,(H,21,22). The molecule has 0 aliphatic carbocycles. The van der Waals surface area contributed by atoms with E-state index in [1.807, 2.05) is 6.07 Å². The first-order valence-electron chi connectivity index (χ1n) is 7.29. The van der Waals surface area contributed by atoms with Crippen molar-refractivity contribution in [1.82, 2.24) is 4.90 Å². The molecule has 2 rings (SSSR count). The Morgan fingerprint density at radius 1 is 1.18 bits per heavy atom. The molecule has 0 saturated carbocycles. The van der Waals surface area contributed by atoms with E-state index < -0.39 is 18.1 Å². The normalized spacial score (nSPS) is 19.0. The van der Waals surface area contributed by atoms with Gasteiger partial charge in [0.1, 0.15) is 0 Å². The summed E-state index contributed by atoms with van der Waals surface area (Å²) in [6.45, 7) is 0.424. The Morgan fingerprint density at radius 2 is 1.86 bits per heavy atom. The molecule has 1 aromatic carbocycles. The number of aliphatic carboxylic acids is 1. The molecule has 1 aliphatic heterocycles. The van der Waals surface area contributed by atoms with Crippen LogP contribution < -0.4 is 0 Å². The number of carboxylic acid groups (broad SMARTS) is 1. The molecule has 1 heterocycles. The molecule has 2 unspecified atom stereocenters. The summed E-state index contributed by atoms with van der Waals surface area (Å²) in [5, 5.41) is 18.5. The van der Waals surface area contributed by atoms with E-state index in [0.717, 1.165) is 0 Å². The van der Waals surface area contributed by atoms with E-state index in [2.05, 4.69) is 0 Å². The molecular formula is C16H19NO5. The number of likely N-dealkylation sites (tertiary alicyclic amines) is 1. The zero-order chi connectivity index (χ0) is 16.1. The van der Waals surface area contributed by atoms with Gasteiger partial charge in [-0.2, -0.15) is 0 Å². The van der Waals surface area contributed by atoms with Crippen molar-refractivity contribution in [2.45, 2.75) is 37.8 Å². The van der Waals surface area contributed by atoms with Crippen LogP contribution in [0.3, 0.4) is 0 Å². The van der Waals surface area contributed by atoms with Crippen molar-refractivity contribution in [3.63, 3.8) is 0 Å². The lowest BCUT2D eigenvalue weighted by atomic mass is 10.1. The maximum atomic E-state index is 12.2. The van der Waals surface area contributed by atoms with Gasteiger partial charge >= 0.3 is 5.97 Å². The smallest absolute Gasteiger partial charge is 0.334 e. The molecule has 2 atom stereocenters. The fourth-order valence-corrected chi connectivity index (χ4v) is 2.73. The molecule has 0 radical (unpaired) electrons. The highest BCUT2D eigenvalue weighted by Gasteiger charge is 2.37. The Hall–Kier alpha value is -2.21. The summed E-state index contributed by atoms with van der Waals surface area (Å²) < 4.78 is 0. The van der Waals surface area contributed by atoms with Gasteiger partial charge in [-0.05, 0) is 12.8 Å². The van der Waals surface area contributed by atoms with Gasteiger partial charge in [0.15, 0.2) is 11.9 Å². The fourth-order valence-electron chi connectivity index (χ4n) is 2.73. The van der Waals surface area contributed by atoms with Crippen LogP contribution in [0.1, 0.15) is 36.0 Å². The summed E-state index contributed by atoms with van der Waals surface area (Å²) in [5.74, 6) is -1.74. The number of benzene rings is 1. The van der Waals surface area contributed by atoms with Gasteiger partial charge in [-0.25, -0.2) is 4.79 Å². The van der Waals surface area contributed by atoms with E-state index in [1.165, 1.54) is 4.90 Å². The SMILES string of the molecule is O=C(CCC(=O)N1CCCC1C(O)C(=O)O)c1ccccc1. The van der Waals surface area contributed by atoms with Gasteiger partial charge in [-0.1, -0.05) is 30.3 Å². The van der Waals surface area contributed by atoms with Crippen LogP contribution in [0.4, 0.5) is 0 Å². The van der Waals surface area contributed by atoms with Gasteiger partial charge in [0, 0.05) is 24.9 Å². The van der Waals surface area contributed by atoms with Crippen molar-refractivity contribution in [3.8, 4) is 0 Å². The van der Waals surface area contributed by atoms with Crippen LogP contribution in [0.15, 0.2) is 30.3 Å². The molecular weight excluding hydrogens is 286 g/mol. The number of Topliss-reactive ketones (excluding diaryl/α,β-unsaturated/α-hetero) is 1. The Balaban J connectivity index is 1.92. The fraction of sp³-hybridized carbons (Fsp3) is 0.438. The van der Waals surface area contributed by atoms with E-state index in [4.69, 9.17) is 5.11 Å². The van der Waals surface area contributed by atoms with Gasteiger partial charge in [-0.15, -0.1) is 0 Å². The molecule has 0 bridgehead atoms. The van der Waals surface area contributed by atoms with Gasteiger partial charge in [0.2, 0.25) is 5.91 Å². The molecule has 6 heteroatoms. The highest BCUT2D eigenvalue weighted by Crippen LogP contribution is 2.22. The Labute approximate surface area is 128 Å². The third kappa shape index (κ3) is 3.71. The molecule has 1 amide bonds. The monoisotopic (exact) mass is 305 g/mol. The molecule has 1 saturated heterocycles. The third-order valence-corrected chi connectivity index (χ3v) is 3.90. The average Bonchev–Trinajstić information content (AvgIpc) is 3.01. The molecule has 1 aromatic rings. The number of carbonyl (C=O) groups excluding carboxylic acids is 2. The van der Waals surface area contributed by atoms with Crippen molar-refractivity contribution in [1.29, 1.82) is 0 Å². The first-order valence-corrected chi connectivity index (χ1v) is 7.29. The van der Waals surface area contributed by atoms with Gasteiger partial charge < -0.3 is 15.1 Å². The Morgan fingerprint density at radius 3 is 2.50 bits per heavy atom.